The van der Waals surface area contributed by atoms with Crippen molar-refractivity contribution in [3.63, 3.8) is 0 Å². The maximum Gasteiger partial charge on any atom is 0.341 e. The largest absolute Gasteiger partial charge is 0.496 e. The predicted molar refractivity (Wildman–Crippen MR) is 113 cm³/mol. The van der Waals surface area contributed by atoms with Crippen LogP contribution in [-0.2, 0) is 9.53 Å². The molecule has 0 aromatic heterocycles. The fourth-order valence-corrected chi connectivity index (χ4v) is 3.33. The molecule has 1 saturated heterocycles. The highest BCUT2D eigenvalue weighted by molar-refractivity contribution is 6.00. The van der Waals surface area contributed by atoms with Gasteiger partial charge in [0.15, 0.2) is 6.61 Å². The summed E-state index contributed by atoms with van der Waals surface area (Å²) in [6.45, 7) is 0.656. The average molecular weight is 444 g/mol. The molecule has 2 aromatic rings. The van der Waals surface area contributed by atoms with Crippen molar-refractivity contribution < 1.29 is 28.9 Å². The van der Waals surface area contributed by atoms with Gasteiger partial charge in [-0.3, -0.25) is 25.0 Å². The van der Waals surface area contributed by atoms with Crippen LogP contribution >= 0.6 is 0 Å². The van der Waals surface area contributed by atoms with E-state index in [1.54, 1.807) is 0 Å². The molecule has 2 aromatic carbocycles. The Morgan fingerprint density at radius 1 is 1.06 bits per heavy atom. The predicted octanol–water partition coefficient (Wildman–Crippen LogP) is 2.91. The first kappa shape index (κ1) is 22.5. The number of hydrogen-bond acceptors (Lipinski definition) is 9. The first-order valence-electron chi connectivity index (χ1n) is 9.63. The third-order valence-corrected chi connectivity index (χ3v) is 4.87. The number of rotatable bonds is 8. The van der Waals surface area contributed by atoms with Gasteiger partial charge in [0, 0.05) is 25.2 Å². The number of nitro groups is 2. The Morgan fingerprint density at radius 2 is 1.78 bits per heavy atom. The topological polar surface area (TPSA) is 154 Å². The third kappa shape index (κ3) is 5.09. The number of amides is 1. The molecule has 0 aliphatic carbocycles. The molecule has 1 aliphatic rings. The molecule has 1 N–H and O–H groups in total. The van der Waals surface area contributed by atoms with Gasteiger partial charge in [-0.05, 0) is 31.0 Å². The van der Waals surface area contributed by atoms with Gasteiger partial charge >= 0.3 is 5.97 Å². The van der Waals surface area contributed by atoms with Crippen molar-refractivity contribution in [3.8, 4) is 5.75 Å². The van der Waals surface area contributed by atoms with Gasteiger partial charge in [0.25, 0.3) is 17.3 Å². The van der Waals surface area contributed by atoms with Crippen LogP contribution in [0.3, 0.4) is 0 Å². The zero-order valence-corrected chi connectivity index (χ0v) is 17.1. The number of nitro benzene ring substituents is 2. The minimum Gasteiger partial charge on any atom is -0.496 e. The molecule has 0 unspecified atom stereocenters. The lowest BCUT2D eigenvalue weighted by atomic mass is 10.1. The Morgan fingerprint density at radius 3 is 2.41 bits per heavy atom. The van der Waals surface area contributed by atoms with Gasteiger partial charge in [0.1, 0.15) is 11.4 Å². The van der Waals surface area contributed by atoms with Crippen molar-refractivity contribution in [1.82, 2.24) is 0 Å². The second kappa shape index (κ2) is 9.73. The standard InChI is InChI=1S/C20H20N4O8/c1-31-14-5-6-16(18(11-14)24(29)30)21-19(25)12-32-20(26)15-10-13(23(27)28)4-7-17(15)22-8-2-3-9-22/h4-7,10-11H,2-3,8-9,12H2,1H3,(H,21,25). The monoisotopic (exact) mass is 444 g/mol. The number of carbonyl (C=O) groups is 2. The molecule has 12 nitrogen and oxygen atoms in total. The van der Waals surface area contributed by atoms with E-state index >= 15 is 0 Å². The summed E-state index contributed by atoms with van der Waals surface area (Å²) in [6, 6.07) is 7.78. The molecule has 32 heavy (non-hydrogen) atoms. The fourth-order valence-electron chi connectivity index (χ4n) is 3.33. The van der Waals surface area contributed by atoms with E-state index in [0.29, 0.717) is 18.8 Å². The van der Waals surface area contributed by atoms with Gasteiger partial charge in [-0.15, -0.1) is 0 Å². The first-order chi connectivity index (χ1) is 15.3. The van der Waals surface area contributed by atoms with Crippen LogP contribution < -0.4 is 15.0 Å². The van der Waals surface area contributed by atoms with Gasteiger partial charge in [0.2, 0.25) is 0 Å². The van der Waals surface area contributed by atoms with Crippen LogP contribution in [0.2, 0.25) is 0 Å². The normalized spacial score (nSPS) is 12.8. The summed E-state index contributed by atoms with van der Waals surface area (Å²) < 4.78 is 9.98. The molecule has 1 amide bonds. The molecular weight excluding hydrogens is 424 g/mol. The lowest BCUT2D eigenvalue weighted by Gasteiger charge is -2.20. The van der Waals surface area contributed by atoms with E-state index in [1.165, 1.54) is 31.4 Å². The van der Waals surface area contributed by atoms with Crippen LogP contribution in [0.15, 0.2) is 36.4 Å². The van der Waals surface area contributed by atoms with Crippen molar-refractivity contribution in [2.45, 2.75) is 12.8 Å². The number of non-ortho nitro benzene ring substituents is 1. The summed E-state index contributed by atoms with van der Waals surface area (Å²) in [6.07, 6.45) is 1.85. The summed E-state index contributed by atoms with van der Waals surface area (Å²) in [4.78, 5) is 47.8. The number of methoxy groups -OCH3 is 1. The van der Waals surface area contributed by atoms with Crippen LogP contribution in [0.25, 0.3) is 0 Å². The van der Waals surface area contributed by atoms with E-state index in [9.17, 15) is 29.8 Å². The Hall–Kier alpha value is -4.22. The second-order valence-electron chi connectivity index (χ2n) is 6.92. The number of anilines is 2. The van der Waals surface area contributed by atoms with E-state index in [0.717, 1.165) is 25.0 Å². The van der Waals surface area contributed by atoms with E-state index < -0.39 is 28.3 Å². The minimum atomic E-state index is -0.907. The molecule has 0 bridgehead atoms. The molecule has 1 fully saturated rings. The van der Waals surface area contributed by atoms with Crippen molar-refractivity contribution in [2.24, 2.45) is 0 Å². The van der Waals surface area contributed by atoms with E-state index in [1.807, 2.05) is 4.90 Å². The Labute approximate surface area is 182 Å². The fraction of sp³-hybridized carbons (Fsp3) is 0.300. The number of benzene rings is 2. The number of hydrogen-bond donors (Lipinski definition) is 1. The second-order valence-corrected chi connectivity index (χ2v) is 6.92. The maximum absolute atomic E-state index is 12.6. The van der Waals surface area contributed by atoms with Crippen LogP contribution in [0, 0.1) is 20.2 Å². The Balaban J connectivity index is 1.73. The molecule has 0 saturated carbocycles. The summed E-state index contributed by atoms with van der Waals surface area (Å²) in [5.74, 6) is -1.48. The Bertz CT molecular complexity index is 1070. The highest BCUT2D eigenvalue weighted by Gasteiger charge is 2.24. The molecule has 1 heterocycles. The number of ether oxygens (including phenoxy) is 2. The van der Waals surface area contributed by atoms with E-state index in [2.05, 4.69) is 5.32 Å². The highest BCUT2D eigenvalue weighted by atomic mass is 16.6. The van der Waals surface area contributed by atoms with Crippen molar-refractivity contribution >= 4 is 34.6 Å². The van der Waals surface area contributed by atoms with Crippen LogP contribution in [0.1, 0.15) is 23.2 Å². The van der Waals surface area contributed by atoms with Crippen LogP contribution in [0.4, 0.5) is 22.7 Å². The number of nitrogens with zero attached hydrogens (tertiary/aromatic N) is 3. The molecular formula is C20H20N4O8. The van der Waals surface area contributed by atoms with Crippen LogP contribution in [0.5, 0.6) is 5.75 Å². The van der Waals surface area contributed by atoms with E-state index in [4.69, 9.17) is 9.47 Å². The van der Waals surface area contributed by atoms with Gasteiger partial charge < -0.3 is 19.7 Å². The summed E-state index contributed by atoms with van der Waals surface area (Å²) in [7, 11) is 1.35. The SMILES string of the molecule is COc1ccc(NC(=O)COC(=O)c2cc([N+](=O)[O-])ccc2N2CCCC2)c([N+](=O)[O-])c1. The smallest absolute Gasteiger partial charge is 0.341 e. The zero-order valence-electron chi connectivity index (χ0n) is 17.1. The lowest BCUT2D eigenvalue weighted by Crippen LogP contribution is -2.24. The van der Waals surface area contributed by atoms with Crippen molar-refractivity contribution in [1.29, 1.82) is 0 Å². The summed E-state index contributed by atoms with van der Waals surface area (Å²) in [5.41, 5.74) is -0.296. The summed E-state index contributed by atoms with van der Waals surface area (Å²) >= 11 is 0. The van der Waals surface area contributed by atoms with Gasteiger partial charge in [-0.25, -0.2) is 4.79 Å². The first-order valence-corrected chi connectivity index (χ1v) is 9.63. The molecule has 0 spiro atoms. The summed E-state index contributed by atoms with van der Waals surface area (Å²) in [5, 5.41) is 24.7. The maximum atomic E-state index is 12.6. The molecule has 0 radical (unpaired) electrons. The molecule has 3 rings (SSSR count). The molecule has 12 heteroatoms. The lowest BCUT2D eigenvalue weighted by molar-refractivity contribution is -0.384. The van der Waals surface area contributed by atoms with Crippen molar-refractivity contribution in [3.05, 3.63) is 62.2 Å². The van der Waals surface area contributed by atoms with Gasteiger partial charge in [0.05, 0.1) is 34.3 Å². The molecule has 1 aliphatic heterocycles. The Kier molecular flexibility index (Phi) is 6.83. The quantitative estimate of drug-likeness (QED) is 0.367. The van der Waals surface area contributed by atoms with Gasteiger partial charge in [-0.2, -0.15) is 0 Å². The van der Waals surface area contributed by atoms with E-state index in [-0.39, 0.29) is 28.4 Å². The third-order valence-electron chi connectivity index (χ3n) is 4.87. The van der Waals surface area contributed by atoms with Gasteiger partial charge in [-0.1, -0.05) is 0 Å². The minimum absolute atomic E-state index is 0.0238. The average Bonchev–Trinajstić information content (AvgIpc) is 3.32. The highest BCUT2D eigenvalue weighted by Crippen LogP contribution is 2.30. The number of carbonyl (C=O) groups excluding carboxylic acids is 2. The number of esters is 1. The molecule has 0 atom stereocenters. The number of nitrogens with one attached hydrogen (secondary N) is 1. The van der Waals surface area contributed by atoms with Crippen LogP contribution in [-0.4, -0.2) is 48.5 Å². The van der Waals surface area contributed by atoms with Crippen molar-refractivity contribution in [2.75, 3.05) is 37.0 Å². The zero-order chi connectivity index (χ0) is 23.3. The molecule has 168 valence electrons.